The van der Waals surface area contributed by atoms with E-state index in [0.29, 0.717) is 18.0 Å². The molecular formula is C20H24FNO2. The maximum Gasteiger partial charge on any atom is 0.258 e. The highest BCUT2D eigenvalue weighted by Gasteiger charge is 2.11. The van der Waals surface area contributed by atoms with E-state index in [0.717, 1.165) is 12.8 Å². The zero-order valence-corrected chi connectivity index (χ0v) is 14.1. The van der Waals surface area contributed by atoms with Gasteiger partial charge in [0.1, 0.15) is 11.6 Å². The van der Waals surface area contributed by atoms with Crippen LogP contribution in [0.2, 0.25) is 0 Å². The zero-order valence-electron chi connectivity index (χ0n) is 14.1. The van der Waals surface area contributed by atoms with Crippen molar-refractivity contribution in [2.24, 2.45) is 0 Å². The number of anilines is 1. The molecule has 4 heteroatoms. The van der Waals surface area contributed by atoms with E-state index in [2.05, 4.69) is 12.2 Å². The largest absolute Gasteiger partial charge is 0.494 e. The smallest absolute Gasteiger partial charge is 0.258 e. The average Bonchev–Trinajstić information content (AvgIpc) is 2.58. The lowest BCUT2D eigenvalue weighted by atomic mass is 10.2. The van der Waals surface area contributed by atoms with Gasteiger partial charge >= 0.3 is 0 Å². The molecule has 0 aliphatic heterocycles. The van der Waals surface area contributed by atoms with Crippen molar-refractivity contribution in [1.29, 1.82) is 0 Å². The van der Waals surface area contributed by atoms with E-state index in [-0.39, 0.29) is 5.56 Å². The lowest BCUT2D eigenvalue weighted by Crippen LogP contribution is -2.13. The van der Waals surface area contributed by atoms with E-state index in [1.54, 1.807) is 24.3 Å². The molecule has 0 atom stereocenters. The normalized spacial score (nSPS) is 10.4. The van der Waals surface area contributed by atoms with Gasteiger partial charge in [-0.25, -0.2) is 4.39 Å². The molecule has 0 fully saturated rings. The van der Waals surface area contributed by atoms with Gasteiger partial charge in [-0.1, -0.05) is 50.8 Å². The van der Waals surface area contributed by atoms with Crippen LogP contribution in [0.5, 0.6) is 5.75 Å². The number of carbonyl (C=O) groups excluding carboxylic acids is 1. The number of hydrogen-bond acceptors (Lipinski definition) is 2. The Morgan fingerprint density at radius 3 is 2.62 bits per heavy atom. The molecule has 0 saturated heterocycles. The first-order valence-corrected chi connectivity index (χ1v) is 8.49. The minimum absolute atomic E-state index is 0.0275. The van der Waals surface area contributed by atoms with Gasteiger partial charge < -0.3 is 10.1 Å². The van der Waals surface area contributed by atoms with Crippen molar-refractivity contribution in [2.75, 3.05) is 11.9 Å². The summed E-state index contributed by atoms with van der Waals surface area (Å²) in [5, 5.41) is 2.70. The summed E-state index contributed by atoms with van der Waals surface area (Å²) in [6.45, 7) is 2.85. The fourth-order valence-corrected chi connectivity index (χ4v) is 2.40. The Kier molecular flexibility index (Phi) is 7.27. The van der Waals surface area contributed by atoms with Crippen LogP contribution in [0.3, 0.4) is 0 Å². The van der Waals surface area contributed by atoms with Crippen LogP contribution in [0.15, 0.2) is 48.5 Å². The van der Waals surface area contributed by atoms with Gasteiger partial charge in [0, 0.05) is 11.8 Å². The molecule has 0 unspecified atom stereocenters. The monoisotopic (exact) mass is 329 g/mol. The molecule has 128 valence electrons. The second-order valence-corrected chi connectivity index (χ2v) is 5.72. The number of carbonyl (C=O) groups is 1. The Labute approximate surface area is 142 Å². The first kappa shape index (κ1) is 18.0. The summed E-state index contributed by atoms with van der Waals surface area (Å²) in [5.41, 5.74) is 0.617. The molecule has 2 rings (SSSR count). The first-order valence-electron chi connectivity index (χ1n) is 8.49. The molecule has 1 N–H and O–H groups in total. The van der Waals surface area contributed by atoms with E-state index in [1.807, 2.05) is 12.1 Å². The van der Waals surface area contributed by atoms with E-state index in [4.69, 9.17) is 4.74 Å². The molecule has 0 bridgehead atoms. The molecule has 1 amide bonds. The number of nitrogens with one attached hydrogen (secondary N) is 1. The highest BCUT2D eigenvalue weighted by atomic mass is 19.1. The van der Waals surface area contributed by atoms with Gasteiger partial charge in [-0.15, -0.1) is 0 Å². The molecule has 24 heavy (non-hydrogen) atoms. The van der Waals surface area contributed by atoms with E-state index in [1.165, 1.54) is 31.4 Å². The summed E-state index contributed by atoms with van der Waals surface area (Å²) in [6.07, 6.45) is 5.91. The lowest BCUT2D eigenvalue weighted by Gasteiger charge is -2.09. The summed E-state index contributed by atoms with van der Waals surface area (Å²) in [4.78, 5) is 12.1. The second-order valence-electron chi connectivity index (χ2n) is 5.72. The predicted molar refractivity (Wildman–Crippen MR) is 95.0 cm³/mol. The molecular weight excluding hydrogens is 305 g/mol. The third-order valence-electron chi connectivity index (χ3n) is 3.73. The third kappa shape index (κ3) is 5.69. The molecule has 0 saturated carbocycles. The maximum absolute atomic E-state index is 13.6. The van der Waals surface area contributed by atoms with Gasteiger partial charge in [0.05, 0.1) is 12.2 Å². The molecule has 0 radical (unpaired) electrons. The number of hydrogen-bond donors (Lipinski definition) is 1. The van der Waals surface area contributed by atoms with Crippen LogP contribution in [-0.2, 0) is 0 Å². The van der Waals surface area contributed by atoms with Crippen molar-refractivity contribution in [1.82, 2.24) is 0 Å². The minimum atomic E-state index is -0.533. The van der Waals surface area contributed by atoms with Crippen molar-refractivity contribution in [3.63, 3.8) is 0 Å². The number of ether oxygens (including phenoxy) is 1. The maximum atomic E-state index is 13.6. The van der Waals surface area contributed by atoms with Gasteiger partial charge in [-0.05, 0) is 30.7 Å². The molecule has 0 aromatic heterocycles. The van der Waals surface area contributed by atoms with Crippen LogP contribution in [0.25, 0.3) is 0 Å². The summed E-state index contributed by atoms with van der Waals surface area (Å²) >= 11 is 0. The SMILES string of the molecule is CCCCCCCOc1cccc(NC(=O)c2ccccc2F)c1. The lowest BCUT2D eigenvalue weighted by molar-refractivity contribution is 0.102. The molecule has 2 aromatic rings. The van der Waals surface area contributed by atoms with E-state index in [9.17, 15) is 9.18 Å². The van der Waals surface area contributed by atoms with Crippen molar-refractivity contribution in [3.8, 4) is 5.75 Å². The second kappa shape index (κ2) is 9.71. The molecule has 2 aromatic carbocycles. The molecule has 0 aliphatic carbocycles. The summed E-state index contributed by atoms with van der Waals surface area (Å²) in [6, 6.07) is 13.1. The fraction of sp³-hybridized carbons (Fsp3) is 0.350. The fourth-order valence-electron chi connectivity index (χ4n) is 2.40. The van der Waals surface area contributed by atoms with E-state index >= 15 is 0 Å². The van der Waals surface area contributed by atoms with E-state index < -0.39 is 11.7 Å². The number of benzene rings is 2. The number of rotatable bonds is 9. The Morgan fingerprint density at radius 1 is 1.04 bits per heavy atom. The van der Waals surface area contributed by atoms with Crippen LogP contribution >= 0.6 is 0 Å². The van der Waals surface area contributed by atoms with Crippen LogP contribution in [0, 0.1) is 5.82 Å². The number of amides is 1. The van der Waals surface area contributed by atoms with Crippen molar-refractivity contribution < 1.29 is 13.9 Å². The van der Waals surface area contributed by atoms with Gasteiger partial charge in [0.15, 0.2) is 0 Å². The number of halogens is 1. The Hall–Kier alpha value is -2.36. The topological polar surface area (TPSA) is 38.3 Å². The van der Waals surface area contributed by atoms with Crippen LogP contribution < -0.4 is 10.1 Å². The standard InChI is InChI=1S/C20H24FNO2/c1-2-3-4-5-8-14-24-17-11-9-10-16(15-17)22-20(23)18-12-6-7-13-19(18)21/h6-7,9-13,15H,2-5,8,14H2,1H3,(H,22,23). The summed E-state index contributed by atoms with van der Waals surface area (Å²) < 4.78 is 19.3. The van der Waals surface area contributed by atoms with Gasteiger partial charge in [-0.3, -0.25) is 4.79 Å². The quantitative estimate of drug-likeness (QED) is 0.623. The Morgan fingerprint density at radius 2 is 1.83 bits per heavy atom. The van der Waals surface area contributed by atoms with Gasteiger partial charge in [-0.2, -0.15) is 0 Å². The third-order valence-corrected chi connectivity index (χ3v) is 3.73. The predicted octanol–water partition coefficient (Wildman–Crippen LogP) is 5.43. The van der Waals surface area contributed by atoms with Crippen LogP contribution in [0.4, 0.5) is 10.1 Å². The van der Waals surface area contributed by atoms with Crippen molar-refractivity contribution in [2.45, 2.75) is 39.0 Å². The minimum Gasteiger partial charge on any atom is -0.494 e. The van der Waals surface area contributed by atoms with Crippen LogP contribution in [0.1, 0.15) is 49.4 Å². The molecule has 3 nitrogen and oxygen atoms in total. The Bertz CT molecular complexity index is 658. The highest BCUT2D eigenvalue weighted by molar-refractivity contribution is 6.04. The van der Waals surface area contributed by atoms with Crippen molar-refractivity contribution >= 4 is 11.6 Å². The van der Waals surface area contributed by atoms with Crippen LogP contribution in [-0.4, -0.2) is 12.5 Å². The highest BCUT2D eigenvalue weighted by Crippen LogP contribution is 2.19. The Balaban J connectivity index is 1.86. The average molecular weight is 329 g/mol. The molecule has 0 heterocycles. The zero-order chi connectivity index (χ0) is 17.2. The number of unbranched alkanes of at least 4 members (excludes halogenated alkanes) is 4. The summed E-state index contributed by atoms with van der Waals surface area (Å²) in [5.74, 6) is -0.295. The molecule has 0 aliphatic rings. The van der Waals surface area contributed by atoms with Gasteiger partial charge in [0.25, 0.3) is 5.91 Å². The van der Waals surface area contributed by atoms with Crippen molar-refractivity contribution in [3.05, 3.63) is 59.9 Å². The summed E-state index contributed by atoms with van der Waals surface area (Å²) in [7, 11) is 0. The molecule has 0 spiro atoms. The first-order chi connectivity index (χ1) is 11.7. The van der Waals surface area contributed by atoms with Gasteiger partial charge in [0.2, 0.25) is 0 Å².